The van der Waals surface area contributed by atoms with Gasteiger partial charge >= 0.3 is 0 Å². The van der Waals surface area contributed by atoms with Crippen molar-refractivity contribution in [1.82, 2.24) is 0 Å². The third kappa shape index (κ3) is 9.13. The van der Waals surface area contributed by atoms with Gasteiger partial charge in [-0.3, -0.25) is 0 Å². The maximum absolute atomic E-state index is 4.04. The zero-order chi connectivity index (χ0) is 12.2. The summed E-state index contributed by atoms with van der Waals surface area (Å²) >= 11 is 0. The lowest BCUT2D eigenvalue weighted by atomic mass is 10.2. The first-order chi connectivity index (χ1) is 7.70. The minimum absolute atomic E-state index is 0.619. The van der Waals surface area contributed by atoms with Gasteiger partial charge in [-0.2, -0.15) is 10.2 Å². The third-order valence-electron chi connectivity index (χ3n) is 2.07. The zero-order valence-corrected chi connectivity index (χ0v) is 10.6. The summed E-state index contributed by atoms with van der Waals surface area (Å²) in [6, 6.07) is 0. The van der Waals surface area contributed by atoms with Gasteiger partial charge in [0.15, 0.2) is 0 Å². The van der Waals surface area contributed by atoms with E-state index < -0.39 is 0 Å². The second kappa shape index (κ2) is 10.1. The maximum atomic E-state index is 4.04. The van der Waals surface area contributed by atoms with Crippen molar-refractivity contribution < 1.29 is 0 Å². The minimum atomic E-state index is 0.619. The molecule has 88 valence electrons. The molecule has 0 fully saturated rings. The lowest BCUT2D eigenvalue weighted by Gasteiger charge is -1.93. The molecular formula is C14H22N2. The van der Waals surface area contributed by atoms with E-state index in [4.69, 9.17) is 0 Å². The van der Waals surface area contributed by atoms with E-state index in [0.29, 0.717) is 6.54 Å². The lowest BCUT2D eigenvalue weighted by molar-refractivity contribution is 0.903. The van der Waals surface area contributed by atoms with Gasteiger partial charge in [0.25, 0.3) is 0 Å². The highest BCUT2D eigenvalue weighted by molar-refractivity contribution is 5.14. The van der Waals surface area contributed by atoms with E-state index in [1.165, 1.54) is 5.57 Å². The maximum Gasteiger partial charge on any atom is 0.0787 e. The van der Waals surface area contributed by atoms with Crippen LogP contribution in [-0.4, -0.2) is 6.54 Å². The topological polar surface area (TPSA) is 24.7 Å². The number of rotatable bonds is 7. The molecule has 0 bridgehead atoms. The summed E-state index contributed by atoms with van der Waals surface area (Å²) < 4.78 is 0. The molecule has 0 amide bonds. The van der Waals surface area contributed by atoms with Crippen molar-refractivity contribution in [3.63, 3.8) is 0 Å². The Labute approximate surface area is 99.2 Å². The van der Waals surface area contributed by atoms with Gasteiger partial charge in [-0.05, 0) is 33.6 Å². The number of hydrogen-bond acceptors (Lipinski definition) is 2. The first-order valence-electron chi connectivity index (χ1n) is 5.66. The van der Waals surface area contributed by atoms with Crippen LogP contribution in [0.3, 0.4) is 0 Å². The van der Waals surface area contributed by atoms with Crippen LogP contribution in [-0.2, 0) is 0 Å². The Balaban J connectivity index is 3.75. The predicted molar refractivity (Wildman–Crippen MR) is 71.5 cm³/mol. The van der Waals surface area contributed by atoms with Gasteiger partial charge in [0.2, 0.25) is 0 Å². The molecule has 0 aliphatic heterocycles. The summed E-state index contributed by atoms with van der Waals surface area (Å²) in [5, 5.41) is 8.09. The van der Waals surface area contributed by atoms with E-state index in [1.54, 1.807) is 0 Å². The standard InChI is InChI=1S/C14H22N2/c1-5-7-8-11-14(4)16-15-12-9-10-13(3)6-2/h5-7,9-10H,4,8,11-12H2,1-3H3/b7-5-,10-9?,13-6?,16-15?. The Bertz CT molecular complexity index is 307. The molecule has 0 aliphatic rings. The van der Waals surface area contributed by atoms with Crippen LogP contribution in [0.4, 0.5) is 0 Å². The first-order valence-corrected chi connectivity index (χ1v) is 5.66. The molecule has 0 N–H and O–H groups in total. The molecule has 0 aromatic carbocycles. The fraction of sp³-hybridized carbons (Fsp3) is 0.429. The Morgan fingerprint density at radius 3 is 2.62 bits per heavy atom. The van der Waals surface area contributed by atoms with Gasteiger partial charge in [0.1, 0.15) is 0 Å². The van der Waals surface area contributed by atoms with E-state index in [2.05, 4.69) is 35.9 Å². The first kappa shape index (κ1) is 14.6. The van der Waals surface area contributed by atoms with E-state index in [9.17, 15) is 0 Å². The number of nitrogens with zero attached hydrogens (tertiary/aromatic N) is 2. The molecule has 0 spiro atoms. The van der Waals surface area contributed by atoms with E-state index >= 15 is 0 Å². The van der Waals surface area contributed by atoms with Gasteiger partial charge in [0.05, 0.1) is 12.2 Å². The molecule has 0 aliphatic carbocycles. The minimum Gasteiger partial charge on any atom is -0.185 e. The summed E-state index contributed by atoms with van der Waals surface area (Å²) in [6.07, 6.45) is 12.1. The molecular weight excluding hydrogens is 196 g/mol. The quantitative estimate of drug-likeness (QED) is 0.332. The molecule has 0 saturated heterocycles. The van der Waals surface area contributed by atoms with Crippen LogP contribution >= 0.6 is 0 Å². The molecule has 2 nitrogen and oxygen atoms in total. The van der Waals surface area contributed by atoms with Crippen molar-refractivity contribution in [1.29, 1.82) is 0 Å². The molecule has 0 aromatic rings. The summed E-state index contributed by atoms with van der Waals surface area (Å²) in [5.74, 6) is 0. The second-order valence-electron chi connectivity index (χ2n) is 3.53. The Morgan fingerprint density at radius 1 is 1.25 bits per heavy atom. The molecule has 0 atom stereocenters. The van der Waals surface area contributed by atoms with Crippen molar-refractivity contribution in [2.45, 2.75) is 33.6 Å². The predicted octanol–water partition coefficient (Wildman–Crippen LogP) is 4.83. The van der Waals surface area contributed by atoms with Crippen molar-refractivity contribution in [3.05, 3.63) is 48.2 Å². The molecule has 0 heterocycles. The smallest absolute Gasteiger partial charge is 0.0787 e. The number of azo groups is 1. The molecule has 0 saturated carbocycles. The van der Waals surface area contributed by atoms with E-state index in [-0.39, 0.29) is 0 Å². The fourth-order valence-electron chi connectivity index (χ4n) is 0.989. The lowest BCUT2D eigenvalue weighted by Crippen LogP contribution is -1.76. The molecule has 2 heteroatoms. The summed E-state index contributed by atoms with van der Waals surface area (Å²) in [5.41, 5.74) is 2.08. The summed E-state index contributed by atoms with van der Waals surface area (Å²) in [6.45, 7) is 10.6. The van der Waals surface area contributed by atoms with Crippen molar-refractivity contribution in [2.75, 3.05) is 6.54 Å². The average Bonchev–Trinajstić information content (AvgIpc) is 2.28. The van der Waals surface area contributed by atoms with Crippen LogP contribution in [0.2, 0.25) is 0 Å². The summed E-state index contributed by atoms with van der Waals surface area (Å²) in [4.78, 5) is 0. The molecule has 0 rings (SSSR count). The summed E-state index contributed by atoms with van der Waals surface area (Å²) in [7, 11) is 0. The third-order valence-corrected chi connectivity index (χ3v) is 2.07. The van der Waals surface area contributed by atoms with Crippen LogP contribution in [0.25, 0.3) is 0 Å². The van der Waals surface area contributed by atoms with Crippen LogP contribution in [0, 0.1) is 0 Å². The molecule has 0 aromatic heterocycles. The molecule has 0 radical (unpaired) electrons. The normalized spacial score (nSPS) is 13.3. The highest BCUT2D eigenvalue weighted by Gasteiger charge is 1.87. The Kier molecular flexibility index (Phi) is 9.18. The highest BCUT2D eigenvalue weighted by atomic mass is 15.1. The fourth-order valence-corrected chi connectivity index (χ4v) is 0.989. The Hall–Kier alpha value is -1.44. The second-order valence-corrected chi connectivity index (χ2v) is 3.53. The van der Waals surface area contributed by atoms with Crippen molar-refractivity contribution in [3.8, 4) is 0 Å². The SMILES string of the molecule is C=C(CC/C=C\C)N=NCC=CC(C)=CC. The van der Waals surface area contributed by atoms with E-state index in [1.807, 2.05) is 32.1 Å². The van der Waals surface area contributed by atoms with Crippen molar-refractivity contribution >= 4 is 0 Å². The van der Waals surface area contributed by atoms with Gasteiger partial charge in [-0.15, -0.1) is 0 Å². The largest absolute Gasteiger partial charge is 0.185 e. The van der Waals surface area contributed by atoms with Crippen LogP contribution < -0.4 is 0 Å². The van der Waals surface area contributed by atoms with Gasteiger partial charge in [-0.1, -0.05) is 42.5 Å². The van der Waals surface area contributed by atoms with Crippen LogP contribution in [0.15, 0.2) is 58.5 Å². The Morgan fingerprint density at radius 2 is 2.00 bits per heavy atom. The average molecular weight is 218 g/mol. The van der Waals surface area contributed by atoms with Crippen LogP contribution in [0.5, 0.6) is 0 Å². The molecule has 16 heavy (non-hydrogen) atoms. The monoisotopic (exact) mass is 218 g/mol. The number of hydrogen-bond donors (Lipinski definition) is 0. The van der Waals surface area contributed by atoms with Crippen LogP contribution in [0.1, 0.15) is 33.6 Å². The number of allylic oxidation sites excluding steroid dienone is 6. The highest BCUT2D eigenvalue weighted by Crippen LogP contribution is 2.05. The van der Waals surface area contributed by atoms with Gasteiger partial charge in [-0.25, -0.2) is 0 Å². The van der Waals surface area contributed by atoms with Gasteiger partial charge in [0, 0.05) is 0 Å². The van der Waals surface area contributed by atoms with Crippen molar-refractivity contribution in [2.24, 2.45) is 10.2 Å². The van der Waals surface area contributed by atoms with Gasteiger partial charge < -0.3 is 0 Å². The molecule has 0 unspecified atom stereocenters. The zero-order valence-electron chi connectivity index (χ0n) is 10.6. The van der Waals surface area contributed by atoms with E-state index in [0.717, 1.165) is 18.5 Å².